The molecule has 0 aliphatic rings. The van der Waals surface area contributed by atoms with E-state index in [1.165, 1.54) is 0 Å². The summed E-state index contributed by atoms with van der Waals surface area (Å²) in [5.41, 5.74) is -0.567. The lowest BCUT2D eigenvalue weighted by atomic mass is 10.1. The van der Waals surface area contributed by atoms with Crippen LogP contribution in [0.4, 0.5) is 8.78 Å². The molecule has 0 saturated carbocycles. The summed E-state index contributed by atoms with van der Waals surface area (Å²) in [7, 11) is 0. The highest BCUT2D eigenvalue weighted by Gasteiger charge is 2.28. The Morgan fingerprint density at radius 3 is 2.25 bits per heavy atom. The molecule has 0 amide bonds. The molecule has 0 bridgehead atoms. The van der Waals surface area contributed by atoms with E-state index in [1.54, 1.807) is 0 Å². The van der Waals surface area contributed by atoms with Gasteiger partial charge < -0.3 is 10.2 Å². The highest BCUT2D eigenvalue weighted by molar-refractivity contribution is 5.40. The molecule has 0 unspecified atom stereocenters. The van der Waals surface area contributed by atoms with Gasteiger partial charge in [0, 0.05) is 6.92 Å². The largest absolute Gasteiger partial charge is 0.508 e. The molecule has 1 aromatic carbocycles. The van der Waals surface area contributed by atoms with Crippen LogP contribution in [-0.2, 0) is 5.92 Å². The van der Waals surface area contributed by atoms with Crippen molar-refractivity contribution in [2.75, 3.05) is 0 Å². The van der Waals surface area contributed by atoms with Gasteiger partial charge in [-0.05, 0) is 18.2 Å². The van der Waals surface area contributed by atoms with Gasteiger partial charge in [-0.2, -0.15) is 0 Å². The van der Waals surface area contributed by atoms with Gasteiger partial charge in [0.1, 0.15) is 11.5 Å². The maximum absolute atomic E-state index is 12.6. The number of halogens is 2. The lowest BCUT2D eigenvalue weighted by Gasteiger charge is -2.11. The molecular weight excluding hydrogens is 166 g/mol. The van der Waals surface area contributed by atoms with Crippen LogP contribution in [-0.4, -0.2) is 10.2 Å². The fourth-order valence-corrected chi connectivity index (χ4v) is 0.876. The minimum Gasteiger partial charge on any atom is -0.508 e. The Morgan fingerprint density at radius 2 is 1.83 bits per heavy atom. The van der Waals surface area contributed by atoms with Crippen LogP contribution in [0.1, 0.15) is 12.5 Å². The molecule has 0 saturated heterocycles. The lowest BCUT2D eigenvalue weighted by Crippen LogP contribution is -2.06. The Bertz CT molecular complexity index is 292. The first-order valence-electron chi connectivity index (χ1n) is 3.31. The van der Waals surface area contributed by atoms with Gasteiger partial charge in [-0.1, -0.05) is 0 Å². The molecule has 0 aromatic heterocycles. The number of phenols is 2. The second kappa shape index (κ2) is 2.62. The third kappa shape index (κ3) is 1.64. The molecule has 66 valence electrons. The van der Waals surface area contributed by atoms with Crippen molar-refractivity contribution in [3.8, 4) is 11.5 Å². The molecule has 1 rings (SSSR count). The number of aromatic hydroxyl groups is 2. The average molecular weight is 174 g/mol. The molecule has 0 fully saturated rings. The number of hydrogen-bond acceptors (Lipinski definition) is 2. The van der Waals surface area contributed by atoms with Crippen molar-refractivity contribution in [2.45, 2.75) is 12.8 Å². The van der Waals surface area contributed by atoms with Crippen LogP contribution >= 0.6 is 0 Å². The summed E-state index contributed by atoms with van der Waals surface area (Å²) in [5.74, 6) is -3.94. The third-order valence-corrected chi connectivity index (χ3v) is 1.45. The topological polar surface area (TPSA) is 40.5 Å². The van der Waals surface area contributed by atoms with Gasteiger partial charge in [0.15, 0.2) is 0 Å². The zero-order valence-electron chi connectivity index (χ0n) is 6.38. The number of rotatable bonds is 1. The second-order valence-electron chi connectivity index (χ2n) is 2.59. The maximum atomic E-state index is 12.6. The van der Waals surface area contributed by atoms with E-state index in [4.69, 9.17) is 10.2 Å². The molecule has 0 aliphatic heterocycles. The second-order valence-corrected chi connectivity index (χ2v) is 2.59. The Morgan fingerprint density at radius 1 is 1.25 bits per heavy atom. The molecule has 2 N–H and O–H groups in total. The standard InChI is InChI=1S/C8H8F2O2/c1-8(9,10)6-4-5(11)2-3-7(6)12/h2-4,11-12H,1H3. The normalized spacial score (nSPS) is 11.6. The Labute approximate surface area is 68.1 Å². The maximum Gasteiger partial charge on any atom is 0.274 e. The summed E-state index contributed by atoms with van der Waals surface area (Å²) in [4.78, 5) is 0. The van der Waals surface area contributed by atoms with Gasteiger partial charge in [-0.15, -0.1) is 0 Å². The fourth-order valence-electron chi connectivity index (χ4n) is 0.876. The molecule has 0 heterocycles. The highest BCUT2D eigenvalue weighted by Crippen LogP contribution is 2.35. The van der Waals surface area contributed by atoms with Crippen molar-refractivity contribution in [3.05, 3.63) is 23.8 Å². The predicted octanol–water partition coefficient (Wildman–Crippen LogP) is 2.21. The van der Waals surface area contributed by atoms with Gasteiger partial charge in [0.25, 0.3) is 5.92 Å². The average Bonchev–Trinajstić information content (AvgIpc) is 1.92. The van der Waals surface area contributed by atoms with Crippen molar-refractivity contribution in [1.29, 1.82) is 0 Å². The number of alkyl halides is 2. The van der Waals surface area contributed by atoms with Crippen LogP contribution in [0.25, 0.3) is 0 Å². The number of hydrogen-bond donors (Lipinski definition) is 2. The van der Waals surface area contributed by atoms with Crippen molar-refractivity contribution < 1.29 is 19.0 Å². The summed E-state index contributed by atoms with van der Waals surface area (Å²) in [6.45, 7) is 0.654. The van der Waals surface area contributed by atoms with Crippen LogP contribution in [0.5, 0.6) is 11.5 Å². The third-order valence-electron chi connectivity index (χ3n) is 1.45. The molecule has 2 nitrogen and oxygen atoms in total. The molecule has 0 aliphatic carbocycles. The van der Waals surface area contributed by atoms with E-state index in [0.717, 1.165) is 18.2 Å². The van der Waals surface area contributed by atoms with E-state index in [1.807, 2.05) is 0 Å². The van der Waals surface area contributed by atoms with E-state index in [9.17, 15) is 8.78 Å². The van der Waals surface area contributed by atoms with Gasteiger partial charge in [-0.3, -0.25) is 0 Å². The molecule has 0 radical (unpaired) electrons. The first-order valence-corrected chi connectivity index (χ1v) is 3.31. The number of benzene rings is 1. The quantitative estimate of drug-likeness (QED) is 0.641. The smallest absolute Gasteiger partial charge is 0.274 e. The Kier molecular flexibility index (Phi) is 1.92. The Hall–Kier alpha value is -1.32. The van der Waals surface area contributed by atoms with Crippen LogP contribution in [0, 0.1) is 0 Å². The van der Waals surface area contributed by atoms with Gasteiger partial charge in [0.2, 0.25) is 0 Å². The predicted molar refractivity (Wildman–Crippen MR) is 39.3 cm³/mol. The van der Waals surface area contributed by atoms with Crippen LogP contribution < -0.4 is 0 Å². The molecule has 12 heavy (non-hydrogen) atoms. The van der Waals surface area contributed by atoms with Crippen molar-refractivity contribution in [2.24, 2.45) is 0 Å². The first kappa shape index (κ1) is 8.77. The van der Waals surface area contributed by atoms with E-state index in [0.29, 0.717) is 6.92 Å². The molecule has 0 spiro atoms. The molecule has 0 atom stereocenters. The minimum absolute atomic E-state index is 0.288. The van der Waals surface area contributed by atoms with Crippen LogP contribution in [0.3, 0.4) is 0 Å². The first-order chi connectivity index (χ1) is 5.41. The number of phenolic OH excluding ortho intramolecular Hbond substituents is 2. The summed E-state index contributed by atoms with van der Waals surface area (Å²) < 4.78 is 25.2. The van der Waals surface area contributed by atoms with E-state index < -0.39 is 17.2 Å². The van der Waals surface area contributed by atoms with Gasteiger partial charge >= 0.3 is 0 Å². The highest BCUT2D eigenvalue weighted by atomic mass is 19.3. The van der Waals surface area contributed by atoms with Crippen LogP contribution in [0.15, 0.2) is 18.2 Å². The molecule has 1 aromatic rings. The fraction of sp³-hybridized carbons (Fsp3) is 0.250. The van der Waals surface area contributed by atoms with E-state index in [2.05, 4.69) is 0 Å². The summed E-state index contributed by atoms with van der Waals surface area (Å²) >= 11 is 0. The SMILES string of the molecule is CC(F)(F)c1cc(O)ccc1O. The lowest BCUT2D eigenvalue weighted by molar-refractivity contribution is 0.0149. The molecule has 4 heteroatoms. The summed E-state index contributed by atoms with van der Waals surface area (Å²) in [6, 6.07) is 3.02. The monoisotopic (exact) mass is 174 g/mol. The molecular formula is C8H8F2O2. The van der Waals surface area contributed by atoms with Crippen molar-refractivity contribution >= 4 is 0 Å². The summed E-state index contributed by atoms with van der Waals surface area (Å²) in [6.07, 6.45) is 0. The van der Waals surface area contributed by atoms with Crippen LogP contribution in [0.2, 0.25) is 0 Å². The summed E-state index contributed by atoms with van der Waals surface area (Å²) in [5, 5.41) is 17.8. The zero-order valence-corrected chi connectivity index (χ0v) is 6.38. The van der Waals surface area contributed by atoms with E-state index >= 15 is 0 Å². The van der Waals surface area contributed by atoms with Crippen molar-refractivity contribution in [3.63, 3.8) is 0 Å². The van der Waals surface area contributed by atoms with Gasteiger partial charge in [0.05, 0.1) is 5.56 Å². The Balaban J connectivity index is 3.23. The van der Waals surface area contributed by atoms with Gasteiger partial charge in [-0.25, -0.2) is 8.78 Å². The van der Waals surface area contributed by atoms with E-state index in [-0.39, 0.29) is 5.75 Å². The zero-order chi connectivity index (χ0) is 9.35. The minimum atomic E-state index is -3.14. The van der Waals surface area contributed by atoms with Crippen molar-refractivity contribution in [1.82, 2.24) is 0 Å².